The Balaban J connectivity index is 1.96. The number of fused-ring (bicyclic) bond motifs is 6. The minimum Gasteiger partial charge on any atom is -0.478 e. The number of carboxylic acids is 1. The summed E-state index contributed by atoms with van der Waals surface area (Å²) in [6.45, 7) is 0. The highest BCUT2D eigenvalue weighted by molar-refractivity contribution is 5.92. The second-order valence-electron chi connectivity index (χ2n) is 5.21. The average Bonchev–Trinajstić information content (AvgIpc) is 2.97. The summed E-state index contributed by atoms with van der Waals surface area (Å²) in [7, 11) is 0. The number of carbonyl (C=O) groups is 1. The summed E-state index contributed by atoms with van der Waals surface area (Å²) >= 11 is 0. The molecule has 0 radical (unpaired) electrons. The number of aromatic nitrogens is 2. The smallest absolute Gasteiger partial charge is 0.335 e. The van der Waals surface area contributed by atoms with E-state index >= 15 is 0 Å². The van der Waals surface area contributed by atoms with Gasteiger partial charge in [0.1, 0.15) is 0 Å². The molecule has 4 nitrogen and oxygen atoms in total. The zero-order valence-electron chi connectivity index (χ0n) is 9.76. The molecule has 1 aromatic carbocycles. The fraction of sp³-hybridized carbons (Fsp3) is 0.357. The SMILES string of the molecule is O=C(O)c1ccc2nc3c(nc2c1)[C@H]1CC[C@H]3C1. The molecule has 0 aliphatic heterocycles. The van der Waals surface area contributed by atoms with E-state index in [1.54, 1.807) is 18.2 Å². The molecule has 4 heteroatoms. The van der Waals surface area contributed by atoms with Crippen LogP contribution in [-0.2, 0) is 0 Å². The third-order valence-corrected chi connectivity index (χ3v) is 4.17. The van der Waals surface area contributed by atoms with Crippen molar-refractivity contribution in [3.05, 3.63) is 35.2 Å². The Kier molecular flexibility index (Phi) is 1.82. The van der Waals surface area contributed by atoms with E-state index in [0.717, 1.165) is 16.9 Å². The van der Waals surface area contributed by atoms with E-state index in [2.05, 4.69) is 9.97 Å². The summed E-state index contributed by atoms with van der Waals surface area (Å²) in [5, 5.41) is 8.99. The van der Waals surface area contributed by atoms with Crippen molar-refractivity contribution >= 4 is 17.0 Å². The van der Waals surface area contributed by atoms with E-state index < -0.39 is 5.97 Å². The van der Waals surface area contributed by atoms with Crippen molar-refractivity contribution < 1.29 is 9.90 Å². The first-order chi connectivity index (χ1) is 8.72. The lowest BCUT2D eigenvalue weighted by Crippen LogP contribution is -2.05. The van der Waals surface area contributed by atoms with Gasteiger partial charge in [0.05, 0.1) is 28.0 Å². The molecule has 1 N–H and O–H groups in total. The minimum atomic E-state index is -0.916. The van der Waals surface area contributed by atoms with Crippen molar-refractivity contribution in [2.75, 3.05) is 0 Å². The first-order valence-electron chi connectivity index (χ1n) is 6.27. The lowest BCUT2D eigenvalue weighted by molar-refractivity contribution is 0.0697. The van der Waals surface area contributed by atoms with E-state index in [1.165, 1.54) is 19.3 Å². The maximum atomic E-state index is 11.0. The van der Waals surface area contributed by atoms with Crippen LogP contribution in [0.4, 0.5) is 0 Å². The first-order valence-corrected chi connectivity index (χ1v) is 6.27. The van der Waals surface area contributed by atoms with Crippen LogP contribution in [0.1, 0.15) is 52.8 Å². The molecule has 18 heavy (non-hydrogen) atoms. The maximum Gasteiger partial charge on any atom is 0.335 e. The number of rotatable bonds is 1. The van der Waals surface area contributed by atoms with Crippen molar-refractivity contribution in [2.45, 2.75) is 31.1 Å². The van der Waals surface area contributed by atoms with Gasteiger partial charge < -0.3 is 5.11 Å². The quantitative estimate of drug-likeness (QED) is 0.832. The highest BCUT2D eigenvalue weighted by atomic mass is 16.4. The summed E-state index contributed by atoms with van der Waals surface area (Å²) < 4.78 is 0. The number of hydrogen-bond donors (Lipinski definition) is 1. The number of benzene rings is 1. The lowest BCUT2D eigenvalue weighted by Gasteiger charge is -2.13. The summed E-state index contributed by atoms with van der Waals surface area (Å²) in [6, 6.07) is 4.98. The van der Waals surface area contributed by atoms with Crippen LogP contribution < -0.4 is 0 Å². The minimum absolute atomic E-state index is 0.278. The van der Waals surface area contributed by atoms with E-state index in [4.69, 9.17) is 5.11 Å². The van der Waals surface area contributed by atoms with Crippen molar-refractivity contribution in [1.82, 2.24) is 9.97 Å². The van der Waals surface area contributed by atoms with Crippen LogP contribution in [0.15, 0.2) is 18.2 Å². The summed E-state index contributed by atoms with van der Waals surface area (Å²) in [5.41, 5.74) is 4.07. The Morgan fingerprint density at radius 2 is 1.78 bits per heavy atom. The van der Waals surface area contributed by atoms with Gasteiger partial charge in [-0.15, -0.1) is 0 Å². The van der Waals surface area contributed by atoms with Gasteiger partial charge in [-0.2, -0.15) is 0 Å². The Bertz CT molecular complexity index is 681. The zero-order chi connectivity index (χ0) is 12.3. The Labute approximate surface area is 104 Å². The zero-order valence-corrected chi connectivity index (χ0v) is 9.76. The van der Waals surface area contributed by atoms with E-state index in [0.29, 0.717) is 17.4 Å². The molecule has 2 aromatic rings. The molecular weight excluding hydrogens is 228 g/mol. The molecule has 2 atom stereocenters. The van der Waals surface area contributed by atoms with Crippen LogP contribution in [0.5, 0.6) is 0 Å². The first kappa shape index (κ1) is 10.00. The standard InChI is InChI=1S/C14H12N2O2/c17-14(18)9-3-4-10-11(6-9)16-13-8-2-1-7(5-8)12(13)15-10/h3-4,6-8H,1-2,5H2,(H,17,18)/t7-,8-/m0/s1. The normalized spacial score (nSPS) is 24.4. The van der Waals surface area contributed by atoms with Gasteiger partial charge in [0.15, 0.2) is 0 Å². The predicted octanol–water partition coefficient (Wildman–Crippen LogP) is 2.69. The summed E-state index contributed by atoms with van der Waals surface area (Å²) in [5.74, 6) is 0.220. The summed E-state index contributed by atoms with van der Waals surface area (Å²) in [4.78, 5) is 20.3. The average molecular weight is 240 g/mol. The largest absolute Gasteiger partial charge is 0.478 e. The highest BCUT2D eigenvalue weighted by Crippen LogP contribution is 2.51. The monoisotopic (exact) mass is 240 g/mol. The number of hydrogen-bond acceptors (Lipinski definition) is 3. The maximum absolute atomic E-state index is 11.0. The third-order valence-electron chi connectivity index (χ3n) is 4.17. The molecule has 2 bridgehead atoms. The number of aromatic carboxylic acids is 1. The Hall–Kier alpha value is -1.97. The molecule has 1 fully saturated rings. The Morgan fingerprint density at radius 1 is 1.11 bits per heavy atom. The predicted molar refractivity (Wildman–Crippen MR) is 65.8 cm³/mol. The third kappa shape index (κ3) is 1.23. The van der Waals surface area contributed by atoms with Crippen molar-refractivity contribution in [3.8, 4) is 0 Å². The number of nitrogens with zero attached hydrogens (tertiary/aromatic N) is 2. The van der Waals surface area contributed by atoms with Crippen LogP contribution in [0.2, 0.25) is 0 Å². The van der Waals surface area contributed by atoms with Crippen LogP contribution in [0.25, 0.3) is 11.0 Å². The molecule has 2 aliphatic rings. The van der Waals surface area contributed by atoms with Gasteiger partial charge in [-0.25, -0.2) is 14.8 Å². The van der Waals surface area contributed by atoms with Crippen molar-refractivity contribution in [2.24, 2.45) is 0 Å². The van der Waals surface area contributed by atoms with Crippen LogP contribution in [-0.4, -0.2) is 21.0 Å². The highest BCUT2D eigenvalue weighted by Gasteiger charge is 2.39. The van der Waals surface area contributed by atoms with Gasteiger partial charge >= 0.3 is 5.97 Å². The fourth-order valence-corrected chi connectivity index (χ4v) is 3.29. The van der Waals surface area contributed by atoms with Gasteiger partial charge in [-0.05, 0) is 37.5 Å². The summed E-state index contributed by atoms with van der Waals surface area (Å²) in [6.07, 6.45) is 3.61. The second kappa shape index (κ2) is 3.28. The van der Waals surface area contributed by atoms with Gasteiger partial charge in [0.25, 0.3) is 0 Å². The number of carboxylic acid groups (broad SMARTS) is 1. The molecule has 0 amide bonds. The molecule has 0 unspecified atom stereocenters. The molecule has 2 aliphatic carbocycles. The molecule has 0 spiro atoms. The van der Waals surface area contributed by atoms with Gasteiger partial charge in [0.2, 0.25) is 0 Å². The molecule has 1 heterocycles. The topological polar surface area (TPSA) is 63.1 Å². The molecular formula is C14H12N2O2. The van der Waals surface area contributed by atoms with Gasteiger partial charge in [-0.1, -0.05) is 0 Å². The van der Waals surface area contributed by atoms with Crippen LogP contribution in [0.3, 0.4) is 0 Å². The van der Waals surface area contributed by atoms with Crippen LogP contribution >= 0.6 is 0 Å². The van der Waals surface area contributed by atoms with Crippen molar-refractivity contribution in [1.29, 1.82) is 0 Å². The molecule has 4 rings (SSSR count). The van der Waals surface area contributed by atoms with Crippen LogP contribution in [0, 0.1) is 0 Å². The van der Waals surface area contributed by atoms with E-state index in [-0.39, 0.29) is 5.56 Å². The second-order valence-corrected chi connectivity index (χ2v) is 5.21. The van der Waals surface area contributed by atoms with Crippen molar-refractivity contribution in [3.63, 3.8) is 0 Å². The molecule has 1 saturated carbocycles. The van der Waals surface area contributed by atoms with E-state index in [9.17, 15) is 4.79 Å². The van der Waals surface area contributed by atoms with Gasteiger partial charge in [-0.3, -0.25) is 0 Å². The fourth-order valence-electron chi connectivity index (χ4n) is 3.29. The molecule has 0 saturated heterocycles. The molecule has 90 valence electrons. The molecule has 1 aromatic heterocycles. The Morgan fingerprint density at radius 3 is 2.44 bits per heavy atom. The van der Waals surface area contributed by atoms with E-state index in [1.807, 2.05) is 0 Å². The lowest BCUT2D eigenvalue weighted by atomic mass is 10.00. The van der Waals surface area contributed by atoms with Gasteiger partial charge in [0, 0.05) is 11.8 Å².